The van der Waals surface area contributed by atoms with E-state index in [4.69, 9.17) is 18.9 Å². The summed E-state index contributed by atoms with van der Waals surface area (Å²) in [5.41, 5.74) is 1.03. The Bertz CT molecular complexity index is 856. The normalized spacial score (nSPS) is 12.7. The molecule has 28 heavy (non-hydrogen) atoms. The van der Waals surface area contributed by atoms with Crippen LogP contribution in [-0.2, 0) is 16.0 Å². The van der Waals surface area contributed by atoms with Crippen molar-refractivity contribution >= 4 is 11.9 Å². The van der Waals surface area contributed by atoms with Crippen molar-refractivity contribution in [2.45, 2.75) is 13.5 Å². The van der Waals surface area contributed by atoms with E-state index in [1.54, 1.807) is 6.07 Å². The van der Waals surface area contributed by atoms with Gasteiger partial charge in [0, 0.05) is 12.2 Å². The number of rotatable bonds is 7. The lowest BCUT2D eigenvalue weighted by atomic mass is 10.2. The molecule has 2 aromatic rings. The van der Waals surface area contributed by atoms with Crippen molar-refractivity contribution in [1.29, 1.82) is 0 Å². The van der Waals surface area contributed by atoms with Gasteiger partial charge in [0.05, 0.1) is 13.2 Å². The third-order valence-corrected chi connectivity index (χ3v) is 3.82. The Morgan fingerprint density at radius 3 is 2.86 bits per heavy atom. The third-order valence-electron chi connectivity index (χ3n) is 3.82. The summed E-state index contributed by atoms with van der Waals surface area (Å²) < 4.78 is 34.7. The standard InChI is InChI=1S/C20H21FN2O5/c1-2-25-8-9-26-20(23-19(24)15-4-3-5-16(21)11-15)22-12-14-6-7-17-18(10-14)28-13-27-17/h3-7,10-11H,2,8-9,12-13H2,1H3,(H,22,23,24). The molecular weight excluding hydrogens is 367 g/mol. The van der Waals surface area contributed by atoms with Crippen LogP contribution < -0.4 is 14.8 Å². The Hall–Kier alpha value is -3.13. The third kappa shape index (κ3) is 5.43. The van der Waals surface area contributed by atoms with Crippen LogP contribution in [0.1, 0.15) is 22.8 Å². The summed E-state index contributed by atoms with van der Waals surface area (Å²) in [7, 11) is 0. The minimum Gasteiger partial charge on any atom is -0.463 e. The molecule has 1 amide bonds. The predicted molar refractivity (Wildman–Crippen MR) is 100 cm³/mol. The summed E-state index contributed by atoms with van der Waals surface area (Å²) in [5, 5.41) is 2.57. The van der Waals surface area contributed by atoms with Gasteiger partial charge in [0.2, 0.25) is 6.79 Å². The average Bonchev–Trinajstić information content (AvgIpc) is 3.17. The fourth-order valence-electron chi connectivity index (χ4n) is 2.46. The first-order chi connectivity index (χ1) is 13.7. The van der Waals surface area contributed by atoms with Gasteiger partial charge in [0.1, 0.15) is 12.4 Å². The second-order valence-electron chi connectivity index (χ2n) is 5.82. The lowest BCUT2D eigenvalue weighted by Gasteiger charge is -2.11. The molecule has 0 aliphatic carbocycles. The van der Waals surface area contributed by atoms with E-state index in [-0.39, 0.29) is 31.5 Å². The fourth-order valence-corrected chi connectivity index (χ4v) is 2.46. The average molecular weight is 388 g/mol. The number of hydrogen-bond donors (Lipinski definition) is 1. The summed E-state index contributed by atoms with van der Waals surface area (Å²) in [6.45, 7) is 3.46. The van der Waals surface area contributed by atoms with E-state index in [0.29, 0.717) is 24.7 Å². The van der Waals surface area contributed by atoms with Crippen LogP contribution in [0.4, 0.5) is 4.39 Å². The number of ether oxygens (including phenoxy) is 4. The van der Waals surface area contributed by atoms with E-state index in [2.05, 4.69) is 10.3 Å². The highest BCUT2D eigenvalue weighted by molar-refractivity contribution is 6.04. The smallest absolute Gasteiger partial charge is 0.292 e. The molecule has 0 radical (unpaired) electrons. The largest absolute Gasteiger partial charge is 0.463 e. The van der Waals surface area contributed by atoms with Gasteiger partial charge in [0.15, 0.2) is 11.5 Å². The second-order valence-corrected chi connectivity index (χ2v) is 5.82. The molecule has 0 saturated heterocycles. The zero-order chi connectivity index (χ0) is 19.8. The lowest BCUT2D eigenvalue weighted by Crippen LogP contribution is -2.33. The van der Waals surface area contributed by atoms with Crippen LogP contribution in [-0.4, -0.2) is 38.5 Å². The molecule has 0 spiro atoms. The molecule has 1 N–H and O–H groups in total. The van der Waals surface area contributed by atoms with E-state index < -0.39 is 11.7 Å². The van der Waals surface area contributed by atoms with Gasteiger partial charge in [0.25, 0.3) is 11.9 Å². The molecule has 0 atom stereocenters. The highest BCUT2D eigenvalue weighted by atomic mass is 19.1. The first kappa shape index (κ1) is 19.6. The molecule has 1 aliphatic rings. The molecule has 3 rings (SSSR count). The van der Waals surface area contributed by atoms with Gasteiger partial charge in [-0.05, 0) is 42.8 Å². The zero-order valence-electron chi connectivity index (χ0n) is 15.4. The van der Waals surface area contributed by atoms with Crippen LogP contribution in [0.2, 0.25) is 0 Å². The number of amides is 1. The van der Waals surface area contributed by atoms with Crippen LogP contribution in [0.3, 0.4) is 0 Å². The SMILES string of the molecule is CCOCCOC(=NCc1ccc2c(c1)OCO2)NC(=O)c1cccc(F)c1. The molecule has 0 saturated carbocycles. The second kappa shape index (κ2) is 9.70. The van der Waals surface area contributed by atoms with Crippen LogP contribution in [0.5, 0.6) is 11.5 Å². The summed E-state index contributed by atoms with van der Waals surface area (Å²) in [6, 6.07) is 10.9. The molecule has 148 valence electrons. The van der Waals surface area contributed by atoms with Crippen LogP contribution in [0.25, 0.3) is 0 Å². The van der Waals surface area contributed by atoms with Gasteiger partial charge in [-0.2, -0.15) is 0 Å². The monoisotopic (exact) mass is 388 g/mol. The molecule has 1 aliphatic heterocycles. The van der Waals surface area contributed by atoms with E-state index in [1.807, 2.05) is 19.1 Å². The molecule has 2 aromatic carbocycles. The molecule has 8 heteroatoms. The molecule has 0 bridgehead atoms. The predicted octanol–water partition coefficient (Wildman–Crippen LogP) is 2.89. The van der Waals surface area contributed by atoms with Crippen molar-refractivity contribution in [3.63, 3.8) is 0 Å². The molecular formula is C20H21FN2O5. The summed E-state index contributed by atoms with van der Waals surface area (Å²) in [5.74, 6) is 0.319. The first-order valence-electron chi connectivity index (χ1n) is 8.86. The number of halogens is 1. The Morgan fingerprint density at radius 2 is 2.04 bits per heavy atom. The Balaban J connectivity index is 1.68. The summed E-state index contributed by atoms with van der Waals surface area (Å²) in [4.78, 5) is 16.7. The van der Waals surface area contributed by atoms with Crippen molar-refractivity contribution in [1.82, 2.24) is 5.32 Å². The number of fused-ring (bicyclic) bond motifs is 1. The van der Waals surface area contributed by atoms with E-state index in [9.17, 15) is 9.18 Å². The van der Waals surface area contributed by atoms with Gasteiger partial charge in [-0.3, -0.25) is 10.1 Å². The van der Waals surface area contributed by atoms with E-state index >= 15 is 0 Å². The van der Waals surface area contributed by atoms with Gasteiger partial charge in [-0.15, -0.1) is 0 Å². The molecule has 0 fully saturated rings. The van der Waals surface area contributed by atoms with Gasteiger partial charge < -0.3 is 18.9 Å². The van der Waals surface area contributed by atoms with Crippen molar-refractivity contribution < 1.29 is 28.1 Å². The number of hydrogen-bond acceptors (Lipinski definition) is 6. The van der Waals surface area contributed by atoms with Crippen LogP contribution in [0.15, 0.2) is 47.5 Å². The van der Waals surface area contributed by atoms with Gasteiger partial charge in [-0.25, -0.2) is 9.38 Å². The van der Waals surface area contributed by atoms with Crippen molar-refractivity contribution in [2.24, 2.45) is 4.99 Å². The maximum absolute atomic E-state index is 13.4. The maximum atomic E-state index is 13.4. The van der Waals surface area contributed by atoms with Crippen LogP contribution in [0, 0.1) is 5.82 Å². The minimum atomic E-state index is -0.514. The summed E-state index contributed by atoms with van der Waals surface area (Å²) in [6.07, 6.45) is 0. The Labute approximate surface area is 162 Å². The number of carbonyl (C=O) groups is 1. The van der Waals surface area contributed by atoms with Crippen LogP contribution >= 0.6 is 0 Å². The number of benzene rings is 2. The number of amidine groups is 1. The molecule has 0 unspecified atom stereocenters. The highest BCUT2D eigenvalue weighted by Gasteiger charge is 2.14. The van der Waals surface area contributed by atoms with E-state index in [1.165, 1.54) is 18.2 Å². The van der Waals surface area contributed by atoms with Gasteiger partial charge in [-0.1, -0.05) is 12.1 Å². The van der Waals surface area contributed by atoms with E-state index in [0.717, 1.165) is 11.6 Å². The quantitative estimate of drug-likeness (QED) is 0.448. The van der Waals surface area contributed by atoms with Crippen molar-refractivity contribution in [3.05, 3.63) is 59.4 Å². The zero-order valence-corrected chi connectivity index (χ0v) is 15.4. The topological polar surface area (TPSA) is 78.4 Å². The van der Waals surface area contributed by atoms with Crippen molar-refractivity contribution in [2.75, 3.05) is 26.6 Å². The summed E-state index contributed by atoms with van der Waals surface area (Å²) >= 11 is 0. The lowest BCUT2D eigenvalue weighted by molar-refractivity contribution is 0.0921. The van der Waals surface area contributed by atoms with Crippen molar-refractivity contribution in [3.8, 4) is 11.5 Å². The highest BCUT2D eigenvalue weighted by Crippen LogP contribution is 2.32. The molecule has 1 heterocycles. The number of nitrogens with zero attached hydrogens (tertiary/aromatic N) is 1. The minimum absolute atomic E-state index is 0.0339. The Kier molecular flexibility index (Phi) is 6.80. The van der Waals surface area contributed by atoms with Gasteiger partial charge >= 0.3 is 0 Å². The number of nitrogens with one attached hydrogen (secondary N) is 1. The first-order valence-corrected chi connectivity index (χ1v) is 8.86. The fraction of sp³-hybridized carbons (Fsp3) is 0.300. The molecule has 7 nitrogen and oxygen atoms in total. The Morgan fingerprint density at radius 1 is 1.18 bits per heavy atom. The number of aliphatic imine (C=N–C) groups is 1. The molecule has 0 aromatic heterocycles. The maximum Gasteiger partial charge on any atom is 0.292 e. The number of carbonyl (C=O) groups excluding carboxylic acids is 1.